The van der Waals surface area contributed by atoms with Crippen LogP contribution in [0.15, 0.2) is 48.3 Å². The molecule has 0 amide bonds. The number of pyridine rings is 1. The molecule has 0 bridgehead atoms. The molecule has 1 fully saturated rings. The number of hydrogen-bond acceptors (Lipinski definition) is 3. The Labute approximate surface area is 191 Å². The number of halogens is 2. The molecule has 1 aliphatic heterocycles. The van der Waals surface area contributed by atoms with Crippen LogP contribution in [-0.2, 0) is 6.54 Å². The lowest BCUT2D eigenvalue weighted by Gasteiger charge is -2.32. The lowest BCUT2D eigenvalue weighted by atomic mass is 9.89. The van der Waals surface area contributed by atoms with Crippen molar-refractivity contribution in [2.24, 2.45) is 0 Å². The molecule has 3 nitrogen and oxygen atoms in total. The monoisotopic (exact) mass is 443 g/mol. The van der Waals surface area contributed by atoms with Crippen molar-refractivity contribution in [1.29, 1.82) is 0 Å². The van der Waals surface area contributed by atoms with Crippen molar-refractivity contribution >= 4 is 23.2 Å². The minimum Gasteiger partial charge on any atom is -0.375 e. The highest BCUT2D eigenvalue weighted by molar-refractivity contribution is 6.34. The van der Waals surface area contributed by atoms with Gasteiger partial charge in [0.1, 0.15) is 0 Å². The van der Waals surface area contributed by atoms with E-state index in [1.165, 1.54) is 16.7 Å². The number of aromatic nitrogens is 1. The van der Waals surface area contributed by atoms with Crippen LogP contribution in [0.5, 0.6) is 0 Å². The minimum absolute atomic E-state index is 0.548. The molecule has 0 radical (unpaired) electrons. The van der Waals surface area contributed by atoms with Gasteiger partial charge in [-0.05, 0) is 98.9 Å². The molecule has 1 aromatic heterocycles. The molecule has 0 aliphatic carbocycles. The van der Waals surface area contributed by atoms with Crippen molar-refractivity contribution in [3.05, 3.63) is 75.2 Å². The standard InChI is InChI=1S/C23H29Cl2N3.C2H2/c1-17-4-7-26-23(10-17)16-27(3)14-18(2)15-28-8-5-19(6-9-28)20-11-21(24)13-22(25)12-20;1-2/h4,7,10-14,19H,5-6,8-9,15-16H2,1-3H3;1-2H/b18-14+;. The van der Waals surface area contributed by atoms with E-state index in [0.29, 0.717) is 5.92 Å². The largest absolute Gasteiger partial charge is 0.375 e. The number of likely N-dealkylation sites (tertiary alicyclic amines) is 1. The zero-order valence-corrected chi connectivity index (χ0v) is 19.6. The highest BCUT2D eigenvalue weighted by Crippen LogP contribution is 2.32. The molecule has 1 aliphatic rings. The molecule has 0 spiro atoms. The lowest BCUT2D eigenvalue weighted by molar-refractivity contribution is 0.227. The topological polar surface area (TPSA) is 19.4 Å². The molecule has 3 rings (SSSR count). The maximum Gasteiger partial charge on any atom is 0.0599 e. The fourth-order valence-corrected chi connectivity index (χ4v) is 4.53. The van der Waals surface area contributed by atoms with Gasteiger partial charge in [-0.1, -0.05) is 23.2 Å². The molecule has 2 heterocycles. The van der Waals surface area contributed by atoms with E-state index in [9.17, 15) is 0 Å². The molecule has 30 heavy (non-hydrogen) atoms. The highest BCUT2D eigenvalue weighted by atomic mass is 35.5. The third-order valence-electron chi connectivity index (χ3n) is 5.24. The number of piperidine rings is 1. The number of benzene rings is 1. The molecular weight excluding hydrogens is 413 g/mol. The predicted octanol–water partition coefficient (Wildman–Crippen LogP) is 6.16. The molecule has 1 aromatic carbocycles. The number of aryl methyl sites for hydroxylation is 1. The number of nitrogens with zero attached hydrogens (tertiary/aromatic N) is 3. The van der Waals surface area contributed by atoms with Gasteiger partial charge in [-0.25, -0.2) is 0 Å². The van der Waals surface area contributed by atoms with Crippen LogP contribution < -0.4 is 0 Å². The van der Waals surface area contributed by atoms with E-state index in [1.54, 1.807) is 6.07 Å². The maximum atomic E-state index is 6.17. The second kappa shape index (κ2) is 12.0. The van der Waals surface area contributed by atoms with Gasteiger partial charge in [0.2, 0.25) is 0 Å². The molecule has 1 saturated heterocycles. The van der Waals surface area contributed by atoms with Crippen LogP contribution in [0.25, 0.3) is 0 Å². The minimum atomic E-state index is 0.548. The number of terminal acetylenes is 1. The van der Waals surface area contributed by atoms with Gasteiger partial charge in [-0.2, -0.15) is 0 Å². The Balaban J connectivity index is 0.00000155. The van der Waals surface area contributed by atoms with Gasteiger partial charge in [0.25, 0.3) is 0 Å². The van der Waals surface area contributed by atoms with Crippen LogP contribution in [0.4, 0.5) is 0 Å². The van der Waals surface area contributed by atoms with Crippen molar-refractivity contribution in [3.8, 4) is 12.8 Å². The average molecular weight is 444 g/mol. The third kappa shape index (κ3) is 7.69. The first-order valence-corrected chi connectivity index (χ1v) is 11.0. The summed E-state index contributed by atoms with van der Waals surface area (Å²) in [5, 5.41) is 1.46. The summed E-state index contributed by atoms with van der Waals surface area (Å²) in [5.74, 6) is 0.548. The van der Waals surface area contributed by atoms with E-state index in [-0.39, 0.29) is 0 Å². The van der Waals surface area contributed by atoms with Crippen LogP contribution >= 0.6 is 23.2 Å². The fourth-order valence-electron chi connectivity index (χ4n) is 3.99. The first-order valence-electron chi connectivity index (χ1n) is 10.2. The summed E-state index contributed by atoms with van der Waals surface area (Å²) in [6, 6.07) is 10.1. The smallest absolute Gasteiger partial charge is 0.0599 e. The van der Waals surface area contributed by atoms with Crippen molar-refractivity contribution < 1.29 is 0 Å². The van der Waals surface area contributed by atoms with Crippen molar-refractivity contribution in [2.75, 3.05) is 26.7 Å². The summed E-state index contributed by atoms with van der Waals surface area (Å²) in [7, 11) is 2.11. The Morgan fingerprint density at radius 1 is 1.17 bits per heavy atom. The predicted molar refractivity (Wildman–Crippen MR) is 129 cm³/mol. The molecule has 0 saturated carbocycles. The van der Waals surface area contributed by atoms with Gasteiger partial charge < -0.3 is 4.90 Å². The summed E-state index contributed by atoms with van der Waals surface area (Å²) in [5.41, 5.74) is 5.00. The van der Waals surface area contributed by atoms with Crippen molar-refractivity contribution in [1.82, 2.24) is 14.8 Å². The number of rotatable bonds is 6. The Kier molecular flexibility index (Phi) is 9.72. The molecular formula is C25H31Cl2N3. The van der Waals surface area contributed by atoms with Gasteiger partial charge in [0.15, 0.2) is 0 Å². The van der Waals surface area contributed by atoms with E-state index in [4.69, 9.17) is 23.2 Å². The van der Waals surface area contributed by atoms with Gasteiger partial charge >= 0.3 is 0 Å². The fraction of sp³-hybridized carbons (Fsp3) is 0.400. The molecule has 0 atom stereocenters. The summed E-state index contributed by atoms with van der Waals surface area (Å²) in [6.45, 7) is 8.35. The van der Waals surface area contributed by atoms with Gasteiger partial charge in [-0.15, -0.1) is 12.8 Å². The summed E-state index contributed by atoms with van der Waals surface area (Å²) < 4.78 is 0. The Morgan fingerprint density at radius 3 is 2.40 bits per heavy atom. The van der Waals surface area contributed by atoms with Crippen molar-refractivity contribution in [3.63, 3.8) is 0 Å². The van der Waals surface area contributed by atoms with E-state index in [1.807, 2.05) is 12.3 Å². The second-order valence-corrected chi connectivity index (χ2v) is 8.84. The Hall–Kier alpha value is -1.99. The molecule has 0 N–H and O–H groups in total. The van der Waals surface area contributed by atoms with E-state index in [2.05, 4.69) is 72.9 Å². The zero-order valence-electron chi connectivity index (χ0n) is 18.1. The number of hydrogen-bond donors (Lipinski definition) is 0. The molecule has 2 aromatic rings. The lowest BCUT2D eigenvalue weighted by Crippen LogP contribution is -2.34. The quantitative estimate of drug-likeness (QED) is 0.498. The average Bonchev–Trinajstić information content (AvgIpc) is 2.69. The summed E-state index contributed by atoms with van der Waals surface area (Å²) >= 11 is 12.3. The summed E-state index contributed by atoms with van der Waals surface area (Å²) in [6.07, 6.45) is 14.4. The first kappa shape index (κ1) is 24.3. The zero-order chi connectivity index (χ0) is 22.1. The SMILES string of the molecule is C#C.C/C(=C\N(C)Cc1cc(C)ccn1)CN1CCC(c2cc(Cl)cc(Cl)c2)CC1. The van der Waals surface area contributed by atoms with Crippen molar-refractivity contribution in [2.45, 2.75) is 39.2 Å². The third-order valence-corrected chi connectivity index (χ3v) is 5.68. The van der Waals surface area contributed by atoms with Gasteiger partial charge in [-0.3, -0.25) is 9.88 Å². The normalized spacial score (nSPS) is 15.4. The van der Waals surface area contributed by atoms with E-state index in [0.717, 1.165) is 54.8 Å². The Bertz CT molecular complexity index is 847. The van der Waals surface area contributed by atoms with Crippen LogP contribution in [0.2, 0.25) is 10.0 Å². The maximum absolute atomic E-state index is 6.17. The van der Waals surface area contributed by atoms with Gasteiger partial charge in [0, 0.05) is 29.8 Å². The van der Waals surface area contributed by atoms with Crippen LogP contribution in [0, 0.1) is 19.8 Å². The van der Waals surface area contributed by atoms with E-state index < -0.39 is 0 Å². The summed E-state index contributed by atoms with van der Waals surface area (Å²) in [4.78, 5) is 9.21. The first-order chi connectivity index (χ1) is 14.4. The van der Waals surface area contributed by atoms with E-state index >= 15 is 0 Å². The van der Waals surface area contributed by atoms with Crippen LogP contribution in [0.1, 0.15) is 42.5 Å². The highest BCUT2D eigenvalue weighted by Gasteiger charge is 2.21. The molecule has 160 valence electrons. The van der Waals surface area contributed by atoms with Crippen LogP contribution in [-0.4, -0.2) is 41.5 Å². The molecule has 5 heteroatoms. The van der Waals surface area contributed by atoms with Gasteiger partial charge in [0.05, 0.1) is 12.2 Å². The Morgan fingerprint density at radius 2 is 1.80 bits per heavy atom. The molecule has 0 unspecified atom stereocenters. The second-order valence-electron chi connectivity index (χ2n) is 7.97. The van der Waals surface area contributed by atoms with Crippen LogP contribution in [0.3, 0.4) is 0 Å².